The van der Waals surface area contributed by atoms with E-state index in [-0.39, 0.29) is 25.6 Å². The van der Waals surface area contributed by atoms with Gasteiger partial charge >= 0.3 is 18.2 Å². The molecule has 0 unspecified atom stereocenters. The van der Waals surface area contributed by atoms with Crippen molar-refractivity contribution in [1.29, 1.82) is 0 Å². The first-order valence-electron chi connectivity index (χ1n) is 8.91. The van der Waals surface area contributed by atoms with Crippen LogP contribution in [0.4, 0.5) is 9.59 Å². The Morgan fingerprint density at radius 3 is 2.46 bits per heavy atom. The molecule has 7 heteroatoms. The Labute approximate surface area is 153 Å². The zero-order chi connectivity index (χ0) is 19.2. The minimum atomic E-state index is -1.27. The van der Waals surface area contributed by atoms with Crippen molar-refractivity contribution < 1.29 is 33.4 Å². The number of carbonyl (C=O) groups is 3. The van der Waals surface area contributed by atoms with Gasteiger partial charge in [0, 0.05) is 19.3 Å². The van der Waals surface area contributed by atoms with E-state index in [0.717, 1.165) is 5.56 Å². The molecule has 142 valence electrons. The summed E-state index contributed by atoms with van der Waals surface area (Å²) in [5.74, 6) is -0.381. The van der Waals surface area contributed by atoms with Crippen molar-refractivity contribution in [3.63, 3.8) is 0 Å². The lowest BCUT2D eigenvalue weighted by molar-refractivity contribution is -0.821. The van der Waals surface area contributed by atoms with Gasteiger partial charge in [0.25, 0.3) is 0 Å². The minimum Gasteiger partial charge on any atom is -0.459 e. The molecule has 0 aromatic heterocycles. The molecule has 0 radical (unpaired) electrons. The van der Waals surface area contributed by atoms with Gasteiger partial charge in [0.05, 0.1) is 0 Å². The van der Waals surface area contributed by atoms with Crippen molar-refractivity contribution in [2.45, 2.75) is 58.2 Å². The van der Waals surface area contributed by atoms with E-state index in [1.54, 1.807) is 19.1 Å². The number of carbonyl (C=O) groups excluding carboxylic acids is 2. The lowest BCUT2D eigenvalue weighted by Gasteiger charge is -2.33. The molecule has 1 fully saturated rings. The predicted molar refractivity (Wildman–Crippen MR) is 93.3 cm³/mol. The maximum atomic E-state index is 12.8. The molecule has 1 saturated heterocycles. The number of amides is 2. The van der Waals surface area contributed by atoms with Gasteiger partial charge in [0.15, 0.2) is 0 Å². The maximum absolute atomic E-state index is 12.8. The topological polar surface area (TPSA) is 89.9 Å². The van der Waals surface area contributed by atoms with Gasteiger partial charge in [-0.3, -0.25) is 4.79 Å². The number of quaternary nitrogens is 1. The Balaban J connectivity index is 2.14. The average Bonchev–Trinajstić information content (AvgIpc) is 2.96. The quantitative estimate of drug-likeness (QED) is 0.611. The summed E-state index contributed by atoms with van der Waals surface area (Å²) in [6.45, 7) is 3.47. The van der Waals surface area contributed by atoms with Gasteiger partial charge in [-0.15, -0.1) is 4.48 Å². The summed E-state index contributed by atoms with van der Waals surface area (Å²) in [6.07, 6.45) is -0.144. The molecule has 1 N–H and O–H groups in total. The van der Waals surface area contributed by atoms with Gasteiger partial charge in [-0.05, 0) is 18.9 Å². The van der Waals surface area contributed by atoms with Crippen LogP contribution in [0.25, 0.3) is 0 Å². The van der Waals surface area contributed by atoms with Crippen LogP contribution in [-0.4, -0.2) is 46.4 Å². The van der Waals surface area contributed by atoms with E-state index in [1.807, 2.05) is 25.1 Å². The second kappa shape index (κ2) is 8.80. The molecule has 7 nitrogen and oxygen atoms in total. The Bertz CT molecular complexity index is 647. The van der Waals surface area contributed by atoms with Crippen molar-refractivity contribution in [2.75, 3.05) is 6.61 Å². The number of imide groups is 1. The lowest BCUT2D eigenvalue weighted by atomic mass is 10.2. The number of likely N-dealkylation sites (tertiary alicyclic amines) is 1. The third-order valence-electron chi connectivity index (χ3n) is 4.90. The molecule has 1 aliphatic heterocycles. The van der Waals surface area contributed by atoms with Crippen LogP contribution in [0.3, 0.4) is 0 Å². The number of hydrogen-bond acceptors (Lipinski definition) is 5. The Morgan fingerprint density at radius 1 is 1.15 bits per heavy atom. The van der Waals surface area contributed by atoms with Gasteiger partial charge < -0.3 is 14.6 Å². The van der Waals surface area contributed by atoms with Gasteiger partial charge in [0.1, 0.15) is 25.3 Å². The second-order valence-electron chi connectivity index (χ2n) is 6.61. The minimum absolute atomic E-state index is 0.00200. The van der Waals surface area contributed by atoms with E-state index in [1.165, 1.54) is 0 Å². The highest BCUT2D eigenvalue weighted by Crippen LogP contribution is 2.35. The molecule has 1 heterocycles. The SMILES string of the molecule is CCCC(=O)OC[C@@H]1CC[C@@H](C)[N@@+]1(C(=O)O)C(=O)OCc1ccccc1. The summed E-state index contributed by atoms with van der Waals surface area (Å²) in [5, 5.41) is 9.87. The number of hydrogen-bond donors (Lipinski definition) is 1. The summed E-state index contributed by atoms with van der Waals surface area (Å²) in [6, 6.07) is 7.99. The van der Waals surface area contributed by atoms with Crippen molar-refractivity contribution in [2.24, 2.45) is 0 Å². The average molecular weight is 364 g/mol. The Hall–Kier alpha value is -2.41. The smallest absolute Gasteiger partial charge is 0.459 e. The Kier molecular flexibility index (Phi) is 6.74. The van der Waals surface area contributed by atoms with E-state index in [2.05, 4.69) is 0 Å². The zero-order valence-corrected chi connectivity index (χ0v) is 15.2. The molecule has 2 amide bonds. The molecular weight excluding hydrogens is 338 g/mol. The van der Waals surface area contributed by atoms with Crippen LogP contribution in [0.15, 0.2) is 30.3 Å². The first kappa shape index (κ1) is 19.9. The number of esters is 1. The number of benzene rings is 1. The normalized spacial score (nSPS) is 24.8. The molecule has 1 aliphatic rings. The maximum Gasteiger partial charge on any atom is 0.527 e. The molecule has 3 atom stereocenters. The highest BCUT2D eigenvalue weighted by atomic mass is 16.6. The van der Waals surface area contributed by atoms with E-state index < -0.39 is 28.8 Å². The van der Waals surface area contributed by atoms with Gasteiger partial charge in [-0.1, -0.05) is 37.3 Å². The highest BCUT2D eigenvalue weighted by Gasteiger charge is 2.61. The summed E-state index contributed by atoms with van der Waals surface area (Å²) in [5.41, 5.74) is 0.780. The fraction of sp³-hybridized carbons (Fsp3) is 0.526. The molecule has 2 rings (SSSR count). The van der Waals surface area contributed by atoms with Gasteiger partial charge in [-0.2, -0.15) is 9.59 Å². The van der Waals surface area contributed by atoms with Crippen LogP contribution >= 0.6 is 0 Å². The molecule has 0 spiro atoms. The number of carboxylic acid groups (broad SMARTS) is 1. The molecule has 0 bridgehead atoms. The van der Waals surface area contributed by atoms with Crippen LogP contribution in [-0.2, 0) is 20.9 Å². The third kappa shape index (κ3) is 4.04. The van der Waals surface area contributed by atoms with E-state index in [4.69, 9.17) is 9.47 Å². The van der Waals surface area contributed by atoms with Crippen molar-refractivity contribution >= 4 is 18.2 Å². The highest BCUT2D eigenvalue weighted by molar-refractivity contribution is 5.76. The second-order valence-corrected chi connectivity index (χ2v) is 6.61. The largest absolute Gasteiger partial charge is 0.527 e. The molecule has 26 heavy (non-hydrogen) atoms. The third-order valence-corrected chi connectivity index (χ3v) is 4.90. The van der Waals surface area contributed by atoms with E-state index >= 15 is 0 Å². The van der Waals surface area contributed by atoms with Crippen LogP contribution in [0, 0.1) is 0 Å². The van der Waals surface area contributed by atoms with Crippen molar-refractivity contribution in [3.8, 4) is 0 Å². The van der Waals surface area contributed by atoms with Crippen LogP contribution < -0.4 is 0 Å². The van der Waals surface area contributed by atoms with Crippen molar-refractivity contribution in [1.82, 2.24) is 0 Å². The molecular formula is C19H26NO6+. The predicted octanol–water partition coefficient (Wildman–Crippen LogP) is 3.71. The summed E-state index contributed by atoms with van der Waals surface area (Å²) < 4.78 is 9.70. The van der Waals surface area contributed by atoms with E-state index in [0.29, 0.717) is 19.3 Å². The zero-order valence-electron chi connectivity index (χ0n) is 15.2. The fourth-order valence-corrected chi connectivity index (χ4v) is 3.45. The number of rotatable bonds is 6. The van der Waals surface area contributed by atoms with Gasteiger partial charge in [-0.25, -0.2) is 0 Å². The monoisotopic (exact) mass is 364 g/mol. The molecule has 0 aliphatic carbocycles. The lowest BCUT2D eigenvalue weighted by Crippen LogP contribution is -2.64. The first-order chi connectivity index (χ1) is 12.4. The number of ether oxygens (including phenoxy) is 2. The summed E-state index contributed by atoms with van der Waals surface area (Å²) in [4.78, 5) is 36.6. The van der Waals surface area contributed by atoms with Crippen LogP contribution in [0.2, 0.25) is 0 Å². The van der Waals surface area contributed by atoms with Crippen LogP contribution in [0.5, 0.6) is 0 Å². The molecule has 1 aromatic carbocycles. The first-order valence-corrected chi connectivity index (χ1v) is 8.91. The Morgan fingerprint density at radius 2 is 1.85 bits per heavy atom. The standard InChI is InChI=1S/C19H25NO6/c1-3-7-17(21)25-13-16-11-10-14(2)20(16,18(22)23)19(24)26-12-15-8-5-4-6-9-15/h4-6,8-9,14,16H,3,7,10-13H2,1-2H3/p+1/t14-,16+,20-/m1/s1. The van der Waals surface area contributed by atoms with E-state index in [9.17, 15) is 19.5 Å². The molecule has 0 saturated carbocycles. The summed E-state index contributed by atoms with van der Waals surface area (Å²) >= 11 is 0. The summed E-state index contributed by atoms with van der Waals surface area (Å²) in [7, 11) is 0. The van der Waals surface area contributed by atoms with Crippen LogP contribution in [0.1, 0.15) is 45.1 Å². The molecule has 1 aromatic rings. The number of nitrogens with zero attached hydrogens (tertiary/aromatic N) is 1. The van der Waals surface area contributed by atoms with Crippen molar-refractivity contribution in [3.05, 3.63) is 35.9 Å². The van der Waals surface area contributed by atoms with Gasteiger partial charge in [0.2, 0.25) is 0 Å². The fourth-order valence-electron chi connectivity index (χ4n) is 3.45.